The number of fused-ring (bicyclic) bond motifs is 1. The van der Waals surface area contributed by atoms with Crippen molar-refractivity contribution in [3.05, 3.63) is 18.6 Å². The molecular formula is C11H14N4O4S. The van der Waals surface area contributed by atoms with E-state index in [1.807, 2.05) is 0 Å². The second-order valence-corrected chi connectivity index (χ2v) is 5.10. The van der Waals surface area contributed by atoms with Gasteiger partial charge in [0.15, 0.2) is 6.23 Å². The topological polar surface area (TPSA) is 127 Å². The van der Waals surface area contributed by atoms with Crippen LogP contribution in [0.25, 0.3) is 11.0 Å². The lowest BCUT2D eigenvalue weighted by atomic mass is 10.1. The second-order valence-electron chi connectivity index (χ2n) is 4.48. The van der Waals surface area contributed by atoms with E-state index in [2.05, 4.69) is 9.97 Å². The summed E-state index contributed by atoms with van der Waals surface area (Å²) in [6.07, 6.45) is -0.856. The third kappa shape index (κ3) is 1.99. The average molecular weight is 298 g/mol. The summed E-state index contributed by atoms with van der Waals surface area (Å²) in [5, 5.41) is 35.0. The van der Waals surface area contributed by atoms with Gasteiger partial charge in [0.25, 0.3) is 0 Å². The standard InChI is InChI=1S/C11H14N4O4S/c12-20-10-7-5(1-2-13-10)15(4-14-7)11-9(18)8(17)6(3-16)19-11/h1-2,4,6,8-9,11,16-18H,3,12H2/t6-,8-,9-,11?/m1/s1. The van der Waals surface area contributed by atoms with Gasteiger partial charge in [-0.25, -0.2) is 9.97 Å². The molecule has 0 aliphatic carbocycles. The Morgan fingerprint density at radius 3 is 2.80 bits per heavy atom. The van der Waals surface area contributed by atoms with E-state index >= 15 is 0 Å². The van der Waals surface area contributed by atoms with Gasteiger partial charge in [-0.1, -0.05) is 0 Å². The Morgan fingerprint density at radius 1 is 1.35 bits per heavy atom. The van der Waals surface area contributed by atoms with Crippen LogP contribution in [-0.2, 0) is 4.74 Å². The van der Waals surface area contributed by atoms with Gasteiger partial charge in [0.05, 0.1) is 18.5 Å². The maximum atomic E-state index is 10.0. The normalized spacial score (nSPS) is 30.2. The van der Waals surface area contributed by atoms with Crippen LogP contribution in [0, 0.1) is 0 Å². The zero-order valence-electron chi connectivity index (χ0n) is 10.3. The van der Waals surface area contributed by atoms with E-state index in [0.717, 1.165) is 11.9 Å². The lowest BCUT2D eigenvalue weighted by molar-refractivity contribution is -0.0508. The maximum absolute atomic E-state index is 10.0. The number of nitrogens with zero attached hydrogens (tertiary/aromatic N) is 3. The SMILES string of the molecule is NSc1nccc2c1ncn2C1O[C@H](CO)[C@@H](O)[C@H]1O. The van der Waals surface area contributed by atoms with E-state index in [-0.39, 0.29) is 6.61 Å². The smallest absolute Gasteiger partial charge is 0.164 e. The number of nitrogens with two attached hydrogens (primary N) is 1. The van der Waals surface area contributed by atoms with Crippen molar-refractivity contribution in [2.75, 3.05) is 6.61 Å². The van der Waals surface area contributed by atoms with Crippen molar-refractivity contribution >= 4 is 23.0 Å². The fraction of sp³-hybridized carbons (Fsp3) is 0.455. The fourth-order valence-electron chi connectivity index (χ4n) is 2.34. The first-order valence-electron chi connectivity index (χ1n) is 5.98. The van der Waals surface area contributed by atoms with Crippen molar-refractivity contribution in [3.63, 3.8) is 0 Å². The van der Waals surface area contributed by atoms with Gasteiger partial charge in [0.2, 0.25) is 0 Å². The molecule has 1 saturated heterocycles. The van der Waals surface area contributed by atoms with Gasteiger partial charge in [-0.05, 0) is 18.0 Å². The zero-order chi connectivity index (χ0) is 14.3. The highest BCUT2D eigenvalue weighted by Gasteiger charge is 2.43. The molecular weight excluding hydrogens is 284 g/mol. The molecule has 9 heteroatoms. The van der Waals surface area contributed by atoms with Crippen molar-refractivity contribution in [3.8, 4) is 0 Å². The zero-order valence-corrected chi connectivity index (χ0v) is 11.1. The summed E-state index contributed by atoms with van der Waals surface area (Å²) in [5.41, 5.74) is 1.28. The van der Waals surface area contributed by atoms with E-state index in [4.69, 9.17) is 15.0 Å². The van der Waals surface area contributed by atoms with Crippen LogP contribution in [-0.4, -0.2) is 54.8 Å². The molecule has 2 aromatic heterocycles. The van der Waals surface area contributed by atoms with Crippen LogP contribution in [0.5, 0.6) is 0 Å². The van der Waals surface area contributed by atoms with Crippen molar-refractivity contribution in [1.82, 2.24) is 14.5 Å². The summed E-state index contributed by atoms with van der Waals surface area (Å²) in [4.78, 5) is 8.31. The van der Waals surface area contributed by atoms with Gasteiger partial charge in [-0.15, -0.1) is 0 Å². The Kier molecular flexibility index (Phi) is 3.63. The molecule has 3 rings (SSSR count). The van der Waals surface area contributed by atoms with Gasteiger partial charge in [-0.2, -0.15) is 0 Å². The fourth-order valence-corrected chi connectivity index (χ4v) is 2.73. The van der Waals surface area contributed by atoms with Crippen molar-refractivity contribution < 1.29 is 20.1 Å². The van der Waals surface area contributed by atoms with E-state index in [0.29, 0.717) is 16.1 Å². The predicted octanol–water partition coefficient (Wildman–Crippen LogP) is -0.991. The van der Waals surface area contributed by atoms with Crippen molar-refractivity contribution in [2.24, 2.45) is 5.14 Å². The Morgan fingerprint density at radius 2 is 2.15 bits per heavy atom. The number of aliphatic hydroxyl groups excluding tert-OH is 3. The van der Waals surface area contributed by atoms with Gasteiger partial charge in [0, 0.05) is 6.20 Å². The molecule has 8 nitrogen and oxygen atoms in total. The molecule has 1 aliphatic heterocycles. The highest BCUT2D eigenvalue weighted by molar-refractivity contribution is 7.97. The van der Waals surface area contributed by atoms with E-state index < -0.39 is 24.5 Å². The molecule has 0 bridgehead atoms. The van der Waals surface area contributed by atoms with Crippen LogP contribution in [0.4, 0.5) is 0 Å². The summed E-state index contributed by atoms with van der Waals surface area (Å²) >= 11 is 0.981. The molecule has 2 aromatic rings. The van der Waals surface area contributed by atoms with Crippen LogP contribution < -0.4 is 5.14 Å². The molecule has 0 aromatic carbocycles. The minimum Gasteiger partial charge on any atom is -0.394 e. The first-order valence-corrected chi connectivity index (χ1v) is 6.86. The summed E-state index contributed by atoms with van der Waals surface area (Å²) in [6, 6.07) is 1.72. The molecule has 3 heterocycles. The number of aliphatic hydroxyl groups is 3. The van der Waals surface area contributed by atoms with E-state index in [9.17, 15) is 10.2 Å². The molecule has 0 spiro atoms. The number of ether oxygens (including phenoxy) is 1. The molecule has 108 valence electrons. The van der Waals surface area contributed by atoms with Crippen molar-refractivity contribution in [2.45, 2.75) is 29.6 Å². The minimum absolute atomic E-state index is 0.368. The lowest BCUT2D eigenvalue weighted by Gasteiger charge is -2.17. The Balaban J connectivity index is 2.03. The lowest BCUT2D eigenvalue weighted by Crippen LogP contribution is -2.33. The predicted molar refractivity (Wildman–Crippen MR) is 70.6 cm³/mol. The summed E-state index contributed by atoms with van der Waals surface area (Å²) in [5.74, 6) is 0. The molecule has 1 fully saturated rings. The molecule has 0 amide bonds. The van der Waals surface area contributed by atoms with Crippen LogP contribution in [0.3, 0.4) is 0 Å². The molecule has 5 N–H and O–H groups in total. The largest absolute Gasteiger partial charge is 0.394 e. The van der Waals surface area contributed by atoms with Gasteiger partial charge < -0.3 is 24.6 Å². The number of pyridine rings is 1. The third-order valence-corrected chi connectivity index (χ3v) is 3.88. The number of imidazole rings is 1. The number of aromatic nitrogens is 3. The highest BCUT2D eigenvalue weighted by Crippen LogP contribution is 2.32. The number of hydrogen-bond acceptors (Lipinski definition) is 8. The summed E-state index contributed by atoms with van der Waals surface area (Å²) < 4.78 is 7.07. The van der Waals surface area contributed by atoms with Gasteiger partial charge in [-0.3, -0.25) is 5.14 Å². The van der Waals surface area contributed by atoms with Gasteiger partial charge in [0.1, 0.15) is 28.9 Å². The molecule has 1 aliphatic rings. The van der Waals surface area contributed by atoms with E-state index in [1.54, 1.807) is 16.8 Å². The average Bonchev–Trinajstić information content (AvgIpc) is 3.01. The Bertz CT molecular complexity index is 621. The molecule has 0 saturated carbocycles. The molecule has 1 unspecified atom stereocenters. The first kappa shape index (κ1) is 13.7. The first-order chi connectivity index (χ1) is 9.67. The summed E-state index contributed by atoms with van der Waals surface area (Å²) in [7, 11) is 0. The van der Waals surface area contributed by atoms with E-state index in [1.165, 1.54) is 6.33 Å². The quantitative estimate of drug-likeness (QED) is 0.532. The molecule has 0 radical (unpaired) electrons. The van der Waals surface area contributed by atoms with Crippen LogP contribution in [0.1, 0.15) is 6.23 Å². The monoisotopic (exact) mass is 298 g/mol. The number of rotatable bonds is 3. The number of hydrogen-bond donors (Lipinski definition) is 4. The minimum atomic E-state index is -1.15. The third-order valence-electron chi connectivity index (χ3n) is 3.36. The highest BCUT2D eigenvalue weighted by atomic mass is 32.2. The Hall–Kier alpha value is -1.23. The molecule has 4 atom stereocenters. The van der Waals surface area contributed by atoms with Crippen LogP contribution >= 0.6 is 11.9 Å². The van der Waals surface area contributed by atoms with Crippen molar-refractivity contribution in [1.29, 1.82) is 0 Å². The van der Waals surface area contributed by atoms with Crippen LogP contribution in [0.2, 0.25) is 0 Å². The Labute approximate surface area is 118 Å². The van der Waals surface area contributed by atoms with Gasteiger partial charge >= 0.3 is 0 Å². The van der Waals surface area contributed by atoms with Crippen LogP contribution in [0.15, 0.2) is 23.6 Å². The molecule has 20 heavy (non-hydrogen) atoms. The summed E-state index contributed by atoms with van der Waals surface area (Å²) in [6.45, 7) is -0.368. The maximum Gasteiger partial charge on any atom is 0.164 e. The second kappa shape index (κ2) is 5.28.